The van der Waals surface area contributed by atoms with Crippen LogP contribution < -0.4 is 13.9 Å². The second-order valence-electron chi connectivity index (χ2n) is 14.2. The summed E-state index contributed by atoms with van der Waals surface area (Å²) >= 11 is 3.79. The number of carbonyl (C=O) groups excluding carboxylic acids is 1. The first kappa shape index (κ1) is 36.4. The highest BCUT2D eigenvalue weighted by molar-refractivity contribution is 7.80. The first-order valence-electron chi connectivity index (χ1n) is 17.1. The second-order valence-corrected chi connectivity index (χ2v) is 15.4. The lowest BCUT2D eigenvalue weighted by molar-refractivity contribution is -0.0270. The van der Waals surface area contributed by atoms with Crippen LogP contribution in [0.25, 0.3) is 0 Å². The fourth-order valence-corrected chi connectivity index (χ4v) is 8.44. The number of amides is 1. The monoisotopic (exact) mass is 731 g/mol. The number of nitrogens with zero attached hydrogens (tertiary/aromatic N) is 8. The number of aromatic nitrogens is 4. The zero-order chi connectivity index (χ0) is 35.7. The van der Waals surface area contributed by atoms with Gasteiger partial charge in [-0.25, -0.2) is 14.4 Å². The van der Waals surface area contributed by atoms with Crippen LogP contribution in [0.3, 0.4) is 0 Å². The molecule has 3 saturated heterocycles. The number of anilines is 2. The van der Waals surface area contributed by atoms with Crippen LogP contribution in [0.15, 0.2) is 36.9 Å². The Morgan fingerprint density at radius 1 is 1.16 bits per heavy atom. The van der Waals surface area contributed by atoms with Crippen molar-refractivity contribution in [1.29, 1.82) is 0 Å². The van der Waals surface area contributed by atoms with Gasteiger partial charge in [-0.2, -0.15) is 5.10 Å². The minimum absolute atomic E-state index is 0.0293. The summed E-state index contributed by atoms with van der Waals surface area (Å²) < 4.78 is 53.8. The van der Waals surface area contributed by atoms with Gasteiger partial charge >= 0.3 is 0 Å². The van der Waals surface area contributed by atoms with Gasteiger partial charge in [0.15, 0.2) is 16.7 Å². The molecule has 2 aromatic heterocycles. The first-order valence-corrected chi connectivity index (χ1v) is 18.5. The van der Waals surface area contributed by atoms with Crippen molar-refractivity contribution >= 4 is 40.3 Å². The van der Waals surface area contributed by atoms with E-state index < -0.39 is 17.1 Å². The number of ether oxygens (including phenoxy) is 2. The Labute approximate surface area is 300 Å². The molecule has 13 nitrogen and oxygen atoms in total. The molecule has 0 aliphatic carbocycles. The smallest absolute Gasteiger partial charge is 0.258 e. The van der Waals surface area contributed by atoms with E-state index in [1.54, 1.807) is 18.1 Å². The van der Waals surface area contributed by atoms with E-state index in [1.807, 2.05) is 27.7 Å². The molecule has 5 heterocycles. The number of likely N-dealkylation sites (tertiary alicyclic amines) is 1. The van der Waals surface area contributed by atoms with Crippen molar-refractivity contribution in [1.82, 2.24) is 29.5 Å². The number of aryl methyl sites for hydroxylation is 1. The number of benzene rings is 1. The predicted octanol–water partition coefficient (Wildman–Crippen LogP) is 4.80. The normalized spacial score (nSPS) is 21.4. The number of piperidine rings is 1. The molecule has 1 unspecified atom stereocenters. The van der Waals surface area contributed by atoms with Gasteiger partial charge in [0, 0.05) is 55.4 Å². The van der Waals surface area contributed by atoms with E-state index in [-0.39, 0.29) is 52.0 Å². The Kier molecular flexibility index (Phi) is 11.0. The predicted molar refractivity (Wildman–Crippen MR) is 188 cm³/mol. The van der Waals surface area contributed by atoms with Crippen LogP contribution in [0.2, 0.25) is 5.15 Å². The lowest BCUT2D eigenvalue weighted by Gasteiger charge is -2.54. The SMILES string of the molecule is CC(C)N(C(=O)c1cc(F)ccc1Oc1cncnc1N1CC2(CCN(C[C@@H]3CC[C@@H](N(c4cnn(C)c4Cl)S(=O)[O-])CO3)CC2)C1)C(C)C. The molecule has 3 aliphatic heterocycles. The maximum Gasteiger partial charge on any atom is 0.258 e. The van der Waals surface area contributed by atoms with E-state index in [0.29, 0.717) is 30.3 Å². The number of rotatable bonds is 11. The van der Waals surface area contributed by atoms with E-state index in [2.05, 4.69) is 24.9 Å². The minimum Gasteiger partial charge on any atom is -0.755 e. The van der Waals surface area contributed by atoms with E-state index in [0.717, 1.165) is 52.0 Å². The summed E-state index contributed by atoms with van der Waals surface area (Å²) in [5.41, 5.74) is 0.675. The summed E-state index contributed by atoms with van der Waals surface area (Å²) in [6.07, 6.45) is 8.04. The lowest BCUT2D eigenvalue weighted by atomic mass is 9.72. The number of hydrogen-bond donors (Lipinski definition) is 0. The van der Waals surface area contributed by atoms with Gasteiger partial charge < -0.3 is 28.7 Å². The molecule has 1 amide bonds. The molecule has 16 heteroatoms. The molecule has 1 spiro atoms. The zero-order valence-corrected chi connectivity index (χ0v) is 30.7. The Bertz CT molecular complexity index is 1680. The van der Waals surface area contributed by atoms with Gasteiger partial charge in [-0.15, -0.1) is 0 Å². The van der Waals surface area contributed by atoms with Crippen molar-refractivity contribution in [2.24, 2.45) is 12.5 Å². The summed E-state index contributed by atoms with van der Waals surface area (Å²) in [5.74, 6) is 0.507. The number of halogens is 2. The molecular weight excluding hydrogens is 687 g/mol. The molecule has 272 valence electrons. The maximum atomic E-state index is 14.4. The Morgan fingerprint density at radius 3 is 2.48 bits per heavy atom. The van der Waals surface area contributed by atoms with Gasteiger partial charge in [0.25, 0.3) is 5.91 Å². The van der Waals surface area contributed by atoms with Crippen molar-refractivity contribution in [3.05, 3.63) is 53.5 Å². The molecule has 1 aromatic carbocycles. The van der Waals surface area contributed by atoms with Gasteiger partial charge in [-0.3, -0.25) is 18.0 Å². The van der Waals surface area contributed by atoms with Crippen LogP contribution in [0.4, 0.5) is 15.9 Å². The minimum atomic E-state index is -2.50. The molecule has 3 aliphatic rings. The molecule has 50 heavy (non-hydrogen) atoms. The van der Waals surface area contributed by atoms with Gasteiger partial charge in [0.2, 0.25) is 0 Å². The van der Waals surface area contributed by atoms with Crippen LogP contribution in [0, 0.1) is 11.2 Å². The summed E-state index contributed by atoms with van der Waals surface area (Å²) in [7, 11) is 1.67. The molecule has 3 fully saturated rings. The highest BCUT2D eigenvalue weighted by atomic mass is 35.5. The largest absolute Gasteiger partial charge is 0.755 e. The number of carbonyl (C=O) groups is 1. The van der Waals surface area contributed by atoms with Gasteiger partial charge in [0.1, 0.15) is 23.6 Å². The van der Waals surface area contributed by atoms with Crippen molar-refractivity contribution in [3.63, 3.8) is 0 Å². The van der Waals surface area contributed by atoms with Gasteiger partial charge in [-0.05, 0) is 84.7 Å². The summed E-state index contributed by atoms with van der Waals surface area (Å²) in [5, 5.41) is 4.35. The Hall–Kier alpha value is -3.37. The van der Waals surface area contributed by atoms with E-state index in [1.165, 1.54) is 39.7 Å². The molecule has 0 saturated carbocycles. The summed E-state index contributed by atoms with van der Waals surface area (Å²) in [4.78, 5) is 28.6. The van der Waals surface area contributed by atoms with Crippen molar-refractivity contribution < 1.29 is 27.4 Å². The van der Waals surface area contributed by atoms with E-state index >= 15 is 0 Å². The molecule has 3 aromatic rings. The molecule has 0 radical (unpaired) electrons. The van der Waals surface area contributed by atoms with Gasteiger partial charge in [-0.1, -0.05) is 11.6 Å². The molecular formula is C34H45ClFN8O5S-. The highest BCUT2D eigenvalue weighted by Gasteiger charge is 2.46. The molecule has 0 N–H and O–H groups in total. The highest BCUT2D eigenvalue weighted by Crippen LogP contribution is 2.45. The lowest BCUT2D eigenvalue weighted by Crippen LogP contribution is -2.61. The Balaban J connectivity index is 1.03. The van der Waals surface area contributed by atoms with Crippen LogP contribution in [0.5, 0.6) is 11.5 Å². The van der Waals surface area contributed by atoms with Crippen LogP contribution in [-0.2, 0) is 23.1 Å². The average molecular weight is 732 g/mol. The van der Waals surface area contributed by atoms with Crippen LogP contribution >= 0.6 is 11.6 Å². The first-order chi connectivity index (χ1) is 23.9. The average Bonchev–Trinajstić information content (AvgIpc) is 3.38. The zero-order valence-electron chi connectivity index (χ0n) is 29.1. The second kappa shape index (κ2) is 15.1. The van der Waals surface area contributed by atoms with Crippen molar-refractivity contribution in [2.75, 3.05) is 48.5 Å². The summed E-state index contributed by atoms with van der Waals surface area (Å²) in [6, 6.07) is 3.51. The number of hydrogen-bond acceptors (Lipinski definition) is 10. The van der Waals surface area contributed by atoms with Gasteiger partial charge in [0.05, 0.1) is 36.7 Å². The van der Waals surface area contributed by atoms with Crippen LogP contribution in [-0.4, -0.2) is 108 Å². The molecule has 0 bridgehead atoms. The summed E-state index contributed by atoms with van der Waals surface area (Å²) in [6.45, 7) is 12.3. The fourth-order valence-electron chi connectivity index (χ4n) is 7.51. The van der Waals surface area contributed by atoms with E-state index in [9.17, 15) is 17.9 Å². The molecule has 3 atom stereocenters. The quantitative estimate of drug-likeness (QED) is 0.253. The standard InChI is InChI=1S/C34H46ClFN8O5S/c1-22(2)43(23(3)4)33(45)27-14-24(36)6-9-29(27)49-30-16-37-21-38-32(30)42-19-34(20-42)10-12-41(13-11-34)17-26-8-7-25(18-48-26)44(50(46)47)28-15-39-40(5)31(28)35/h6,9,14-16,21-23,25-26H,7-8,10-13,17-20H2,1-5H3,(H,46,47)/p-1/t25-,26+/m1/s1. The third-order valence-electron chi connectivity index (χ3n) is 10.1. The Morgan fingerprint density at radius 2 is 1.88 bits per heavy atom. The molecule has 6 rings (SSSR count). The third-order valence-corrected chi connectivity index (χ3v) is 11.3. The third kappa shape index (κ3) is 7.61. The topological polar surface area (TPSA) is 132 Å². The van der Waals surface area contributed by atoms with E-state index in [4.69, 9.17) is 21.1 Å². The van der Waals surface area contributed by atoms with Crippen molar-refractivity contribution in [3.8, 4) is 11.5 Å². The van der Waals surface area contributed by atoms with Crippen molar-refractivity contribution in [2.45, 2.75) is 77.6 Å². The van der Waals surface area contributed by atoms with Crippen LogP contribution in [0.1, 0.15) is 63.7 Å². The maximum absolute atomic E-state index is 14.4. The fraction of sp³-hybridized carbons (Fsp3) is 0.588.